The minimum atomic E-state index is -3.23. The zero-order valence-corrected chi connectivity index (χ0v) is 17.2. The molecule has 27 heavy (non-hydrogen) atoms. The van der Waals surface area contributed by atoms with E-state index in [1.165, 1.54) is 4.31 Å². The molecule has 2 rings (SSSR count). The predicted molar refractivity (Wildman–Crippen MR) is 105 cm³/mol. The number of nitrogens with one attached hydrogen (secondary N) is 1. The molecule has 1 aromatic carbocycles. The summed E-state index contributed by atoms with van der Waals surface area (Å²) in [6.07, 6.45) is 3.06. The van der Waals surface area contributed by atoms with Crippen LogP contribution in [-0.4, -0.2) is 58.2 Å². The van der Waals surface area contributed by atoms with E-state index in [-0.39, 0.29) is 24.1 Å². The second-order valence-corrected chi connectivity index (χ2v) is 8.94. The number of ether oxygens (including phenoxy) is 2. The Morgan fingerprint density at radius 2 is 2.00 bits per heavy atom. The molecular formula is C19H30N2O5S. The summed E-state index contributed by atoms with van der Waals surface area (Å²) < 4.78 is 36.0. The number of methoxy groups -OCH3 is 2. The van der Waals surface area contributed by atoms with Crippen LogP contribution < -0.4 is 14.8 Å². The van der Waals surface area contributed by atoms with Gasteiger partial charge >= 0.3 is 0 Å². The number of carbonyl (C=O) groups is 1. The van der Waals surface area contributed by atoms with Crippen LogP contribution in [0.5, 0.6) is 11.5 Å². The average molecular weight is 399 g/mol. The molecule has 1 aliphatic rings. The minimum Gasteiger partial charge on any atom is -0.493 e. The zero-order chi connectivity index (χ0) is 19.9. The van der Waals surface area contributed by atoms with E-state index in [9.17, 15) is 13.2 Å². The molecule has 0 aromatic heterocycles. The van der Waals surface area contributed by atoms with Crippen molar-refractivity contribution in [3.63, 3.8) is 0 Å². The van der Waals surface area contributed by atoms with Crippen molar-refractivity contribution in [1.29, 1.82) is 0 Å². The summed E-state index contributed by atoms with van der Waals surface area (Å²) in [6, 6.07) is 5.80. The smallest absolute Gasteiger partial charge is 0.224 e. The lowest BCUT2D eigenvalue weighted by atomic mass is 9.99. The highest BCUT2D eigenvalue weighted by Crippen LogP contribution is 2.28. The number of benzene rings is 1. The molecule has 152 valence electrons. The number of hydrogen-bond acceptors (Lipinski definition) is 5. The summed E-state index contributed by atoms with van der Waals surface area (Å²) in [7, 11) is -0.0225. The molecule has 7 nitrogen and oxygen atoms in total. The fourth-order valence-corrected chi connectivity index (χ4v) is 4.46. The normalized spacial score (nSPS) is 18.1. The molecular weight excluding hydrogens is 368 g/mol. The number of piperidine rings is 1. The van der Waals surface area contributed by atoms with Gasteiger partial charge in [-0.15, -0.1) is 0 Å². The molecule has 1 amide bonds. The minimum absolute atomic E-state index is 0.0571. The van der Waals surface area contributed by atoms with Gasteiger partial charge in [0.2, 0.25) is 15.9 Å². The maximum Gasteiger partial charge on any atom is 0.224 e. The lowest BCUT2D eigenvalue weighted by Gasteiger charge is -2.30. The van der Waals surface area contributed by atoms with Gasteiger partial charge in [-0.25, -0.2) is 12.7 Å². The van der Waals surface area contributed by atoms with Crippen LogP contribution in [0, 0.1) is 5.92 Å². The van der Waals surface area contributed by atoms with Crippen LogP contribution in [0.2, 0.25) is 0 Å². The van der Waals surface area contributed by atoms with Gasteiger partial charge < -0.3 is 14.8 Å². The molecule has 1 aliphatic heterocycles. The lowest BCUT2D eigenvalue weighted by Crippen LogP contribution is -2.46. The van der Waals surface area contributed by atoms with Crippen molar-refractivity contribution in [2.75, 3.05) is 39.6 Å². The fraction of sp³-hybridized carbons (Fsp3) is 0.632. The third kappa shape index (κ3) is 5.84. The summed E-state index contributed by atoms with van der Waals surface area (Å²) in [4.78, 5) is 12.4. The van der Waals surface area contributed by atoms with Crippen LogP contribution in [0.25, 0.3) is 0 Å². The van der Waals surface area contributed by atoms with Crippen molar-refractivity contribution in [3.8, 4) is 11.5 Å². The quantitative estimate of drug-likeness (QED) is 0.642. The zero-order valence-electron chi connectivity index (χ0n) is 16.4. The molecule has 1 heterocycles. The van der Waals surface area contributed by atoms with E-state index in [1.807, 2.05) is 18.2 Å². The Hall–Kier alpha value is -1.80. The van der Waals surface area contributed by atoms with Crippen molar-refractivity contribution in [2.24, 2.45) is 5.92 Å². The lowest BCUT2D eigenvalue weighted by molar-refractivity contribution is -0.126. The van der Waals surface area contributed by atoms with Gasteiger partial charge in [-0.1, -0.05) is 6.07 Å². The first kappa shape index (κ1) is 21.5. The van der Waals surface area contributed by atoms with Crippen LogP contribution in [0.15, 0.2) is 18.2 Å². The highest BCUT2D eigenvalue weighted by molar-refractivity contribution is 7.89. The molecule has 0 aliphatic carbocycles. The van der Waals surface area contributed by atoms with Crippen molar-refractivity contribution < 1.29 is 22.7 Å². The Bertz CT molecular complexity index is 736. The van der Waals surface area contributed by atoms with Gasteiger partial charge in [0.15, 0.2) is 11.5 Å². The summed E-state index contributed by atoms with van der Waals surface area (Å²) in [6.45, 7) is 2.99. The topological polar surface area (TPSA) is 84.9 Å². The Labute approximate surface area is 162 Å². The molecule has 1 aromatic rings. The molecule has 8 heteroatoms. The second kappa shape index (κ2) is 9.94. The predicted octanol–water partition coefficient (Wildman–Crippen LogP) is 1.81. The number of hydrogen-bond donors (Lipinski definition) is 1. The number of amides is 1. The third-order valence-corrected chi connectivity index (χ3v) is 6.75. The van der Waals surface area contributed by atoms with Crippen LogP contribution in [0.3, 0.4) is 0 Å². The maximum absolute atomic E-state index is 12.4. The first-order chi connectivity index (χ1) is 12.9. The van der Waals surface area contributed by atoms with E-state index < -0.39 is 10.0 Å². The molecule has 0 radical (unpaired) electrons. The number of aryl methyl sites for hydroxylation is 1. The van der Waals surface area contributed by atoms with E-state index in [4.69, 9.17) is 9.47 Å². The van der Waals surface area contributed by atoms with Crippen LogP contribution in [0.1, 0.15) is 31.7 Å². The number of nitrogens with zero attached hydrogens (tertiary/aromatic N) is 1. The largest absolute Gasteiger partial charge is 0.493 e. The number of sulfonamides is 1. The summed E-state index contributed by atoms with van der Waals surface area (Å²) >= 11 is 0. The van der Waals surface area contributed by atoms with Gasteiger partial charge in [0.05, 0.1) is 25.9 Å². The molecule has 1 N–H and O–H groups in total. The standard InChI is InChI=1S/C19H30N2O5S/c1-4-27(23,24)21-12-6-8-16(14-21)19(22)20-11-5-7-15-9-10-17(25-2)18(13-15)26-3/h9-10,13,16H,4-8,11-12,14H2,1-3H3,(H,20,22)/t16-/m0/s1. The van der Waals surface area contributed by atoms with Crippen LogP contribution >= 0.6 is 0 Å². The first-order valence-corrected chi connectivity index (χ1v) is 11.0. The Morgan fingerprint density at radius 1 is 1.26 bits per heavy atom. The van der Waals surface area contributed by atoms with Gasteiger partial charge in [-0.05, 0) is 50.3 Å². The van der Waals surface area contributed by atoms with Gasteiger partial charge in [-0.3, -0.25) is 4.79 Å². The molecule has 0 unspecified atom stereocenters. The van der Waals surface area contributed by atoms with Gasteiger partial charge in [0.25, 0.3) is 0 Å². The van der Waals surface area contributed by atoms with Crippen LogP contribution in [-0.2, 0) is 21.2 Å². The van der Waals surface area contributed by atoms with Crippen LogP contribution in [0.4, 0.5) is 0 Å². The molecule has 1 fully saturated rings. The van der Waals surface area contributed by atoms with E-state index in [2.05, 4.69) is 5.32 Å². The SMILES string of the molecule is CCS(=O)(=O)N1CCC[C@H](C(=O)NCCCc2ccc(OC)c(OC)c2)C1. The monoisotopic (exact) mass is 398 g/mol. The van der Waals surface area contributed by atoms with Crippen molar-refractivity contribution in [2.45, 2.75) is 32.6 Å². The molecule has 1 atom stereocenters. The molecule has 0 saturated carbocycles. The molecule has 0 spiro atoms. The maximum atomic E-state index is 12.4. The van der Waals surface area contributed by atoms with Gasteiger partial charge in [0.1, 0.15) is 0 Å². The van der Waals surface area contributed by atoms with Gasteiger partial charge in [-0.2, -0.15) is 0 Å². The van der Waals surface area contributed by atoms with Crippen molar-refractivity contribution in [3.05, 3.63) is 23.8 Å². The summed E-state index contributed by atoms with van der Waals surface area (Å²) in [5.74, 6) is 1.14. The van der Waals surface area contributed by atoms with E-state index >= 15 is 0 Å². The second-order valence-electron chi connectivity index (χ2n) is 6.68. The van der Waals surface area contributed by atoms with Gasteiger partial charge in [0, 0.05) is 19.6 Å². The molecule has 1 saturated heterocycles. The number of carbonyl (C=O) groups excluding carboxylic acids is 1. The number of rotatable bonds is 9. The Balaban J connectivity index is 1.79. The Kier molecular flexibility index (Phi) is 7.91. The molecule has 0 bridgehead atoms. The van der Waals surface area contributed by atoms with E-state index in [0.717, 1.165) is 31.2 Å². The highest BCUT2D eigenvalue weighted by Gasteiger charge is 2.31. The third-order valence-electron chi connectivity index (χ3n) is 4.90. The summed E-state index contributed by atoms with van der Waals surface area (Å²) in [5, 5.41) is 2.95. The first-order valence-electron chi connectivity index (χ1n) is 9.37. The Morgan fingerprint density at radius 3 is 2.67 bits per heavy atom. The van der Waals surface area contributed by atoms with E-state index in [1.54, 1.807) is 21.1 Å². The van der Waals surface area contributed by atoms with Crippen molar-refractivity contribution >= 4 is 15.9 Å². The highest BCUT2D eigenvalue weighted by atomic mass is 32.2. The van der Waals surface area contributed by atoms with E-state index in [0.29, 0.717) is 24.6 Å². The fourth-order valence-electron chi connectivity index (χ4n) is 3.28. The van der Waals surface area contributed by atoms with Crippen molar-refractivity contribution in [1.82, 2.24) is 9.62 Å². The summed E-state index contributed by atoms with van der Waals surface area (Å²) in [5.41, 5.74) is 1.11. The average Bonchev–Trinajstić information content (AvgIpc) is 2.70.